The highest BCUT2D eigenvalue weighted by Gasteiger charge is 2.42. The van der Waals surface area contributed by atoms with E-state index in [1.165, 1.54) is 6.42 Å². The first-order valence-electron chi connectivity index (χ1n) is 8.65. The number of hydrogen-bond donors (Lipinski definition) is 2. The summed E-state index contributed by atoms with van der Waals surface area (Å²) in [5, 5.41) is 5.72. The number of amides is 2. The van der Waals surface area contributed by atoms with Gasteiger partial charge in [0.2, 0.25) is 0 Å². The molecule has 7 heteroatoms. The molecule has 0 unspecified atom stereocenters. The lowest BCUT2D eigenvalue weighted by molar-refractivity contribution is -0.186. The Morgan fingerprint density at radius 3 is 2.76 bits per heavy atom. The molecule has 2 amide bonds. The number of carbonyl (C=O) groups is 2. The molecule has 1 saturated carbocycles. The van der Waals surface area contributed by atoms with Crippen molar-refractivity contribution in [2.75, 3.05) is 18.5 Å². The molecule has 0 radical (unpaired) electrons. The summed E-state index contributed by atoms with van der Waals surface area (Å²) in [5.74, 6) is -1.91. The normalized spacial score (nSPS) is 21.9. The molecule has 3 rings (SSSR count). The van der Waals surface area contributed by atoms with Crippen molar-refractivity contribution < 1.29 is 19.1 Å². The quantitative estimate of drug-likeness (QED) is 0.806. The Morgan fingerprint density at radius 2 is 2.00 bits per heavy atom. The third-order valence-electron chi connectivity index (χ3n) is 4.74. The predicted octanol–water partition coefficient (Wildman–Crippen LogP) is 2.78. The fourth-order valence-electron chi connectivity index (χ4n) is 3.28. The van der Waals surface area contributed by atoms with Gasteiger partial charge in [-0.1, -0.05) is 24.1 Å². The van der Waals surface area contributed by atoms with Crippen LogP contribution < -0.4 is 10.6 Å². The molecule has 1 aliphatic carbocycles. The van der Waals surface area contributed by atoms with Gasteiger partial charge in [0, 0.05) is 30.1 Å². The number of ether oxygens (including phenoxy) is 2. The van der Waals surface area contributed by atoms with Crippen molar-refractivity contribution in [3.63, 3.8) is 0 Å². The molecule has 1 aromatic carbocycles. The van der Waals surface area contributed by atoms with Crippen LogP contribution in [-0.2, 0) is 19.1 Å². The van der Waals surface area contributed by atoms with Gasteiger partial charge in [0.25, 0.3) is 0 Å². The summed E-state index contributed by atoms with van der Waals surface area (Å²) in [5.41, 5.74) is 1.24. The summed E-state index contributed by atoms with van der Waals surface area (Å²) in [6.07, 6.45) is 4.97. The molecule has 0 bridgehead atoms. The monoisotopic (exact) mass is 366 g/mol. The second kappa shape index (κ2) is 7.72. The van der Waals surface area contributed by atoms with E-state index in [2.05, 4.69) is 10.6 Å². The van der Waals surface area contributed by atoms with E-state index >= 15 is 0 Å². The lowest BCUT2D eigenvalue weighted by Crippen LogP contribution is -2.41. The smallest absolute Gasteiger partial charge is 0.313 e. The Balaban J connectivity index is 1.48. The number of anilines is 1. The lowest BCUT2D eigenvalue weighted by Gasteiger charge is -2.31. The minimum atomic E-state index is -0.725. The summed E-state index contributed by atoms with van der Waals surface area (Å²) >= 11 is 6.01. The van der Waals surface area contributed by atoms with Crippen LogP contribution in [0.5, 0.6) is 0 Å². The molecule has 2 fully saturated rings. The van der Waals surface area contributed by atoms with Crippen LogP contribution in [0.3, 0.4) is 0 Å². The van der Waals surface area contributed by atoms with Gasteiger partial charge in [0.1, 0.15) is 6.10 Å². The maximum absolute atomic E-state index is 12.0. The molecule has 25 heavy (non-hydrogen) atoms. The van der Waals surface area contributed by atoms with Crippen LogP contribution in [0, 0.1) is 6.92 Å². The number of rotatable bonds is 3. The molecule has 136 valence electrons. The number of carbonyl (C=O) groups excluding carboxylic acids is 2. The largest absolute Gasteiger partial charge is 0.347 e. The van der Waals surface area contributed by atoms with Crippen LogP contribution in [0.25, 0.3) is 0 Å². The van der Waals surface area contributed by atoms with Crippen LogP contribution >= 0.6 is 11.6 Å². The highest BCUT2D eigenvalue weighted by atomic mass is 35.5. The average Bonchev–Trinajstić information content (AvgIpc) is 2.99. The first-order chi connectivity index (χ1) is 12.0. The van der Waals surface area contributed by atoms with Gasteiger partial charge < -0.3 is 20.1 Å². The second-order valence-electron chi connectivity index (χ2n) is 6.60. The molecule has 1 atom stereocenters. The Labute approximate surface area is 152 Å². The molecule has 1 spiro atoms. The Bertz CT molecular complexity index is 658. The predicted molar refractivity (Wildman–Crippen MR) is 94.5 cm³/mol. The molecule has 1 heterocycles. The number of benzene rings is 1. The minimum absolute atomic E-state index is 0.220. The average molecular weight is 367 g/mol. The summed E-state index contributed by atoms with van der Waals surface area (Å²) < 4.78 is 11.8. The van der Waals surface area contributed by atoms with Gasteiger partial charge in [-0.3, -0.25) is 9.59 Å². The molecule has 2 aliphatic rings. The molecule has 1 aliphatic heterocycles. The zero-order chi connectivity index (χ0) is 17.9. The van der Waals surface area contributed by atoms with Crippen molar-refractivity contribution in [1.82, 2.24) is 5.32 Å². The van der Waals surface area contributed by atoms with Crippen LogP contribution in [0.1, 0.15) is 37.7 Å². The van der Waals surface area contributed by atoms with Gasteiger partial charge in [-0.2, -0.15) is 0 Å². The topological polar surface area (TPSA) is 76.7 Å². The van der Waals surface area contributed by atoms with Crippen LogP contribution in [0.2, 0.25) is 5.02 Å². The third-order valence-corrected chi connectivity index (χ3v) is 5.15. The van der Waals surface area contributed by atoms with Crippen molar-refractivity contribution in [2.45, 2.75) is 50.9 Å². The Hall–Kier alpha value is -1.63. The molecular weight excluding hydrogens is 344 g/mol. The van der Waals surface area contributed by atoms with E-state index in [4.69, 9.17) is 21.1 Å². The van der Waals surface area contributed by atoms with Gasteiger partial charge in [-0.15, -0.1) is 0 Å². The van der Waals surface area contributed by atoms with Crippen molar-refractivity contribution in [1.29, 1.82) is 0 Å². The fraction of sp³-hybridized carbons (Fsp3) is 0.556. The standard InChI is InChI=1S/C18H23ClN2O4/c1-12-14(19)6-5-7-15(12)21-17(23)16(22)20-10-13-11-24-18(25-13)8-3-2-4-9-18/h5-7,13H,2-4,8-11H2,1H3,(H,20,22)(H,21,23)/t13-/m1/s1. The number of nitrogens with one attached hydrogen (secondary N) is 2. The molecule has 1 aromatic rings. The van der Waals surface area contributed by atoms with Crippen molar-refractivity contribution in [2.24, 2.45) is 0 Å². The maximum Gasteiger partial charge on any atom is 0.313 e. The van der Waals surface area contributed by atoms with Gasteiger partial charge in [0.15, 0.2) is 5.79 Å². The third kappa shape index (κ3) is 4.32. The van der Waals surface area contributed by atoms with E-state index in [0.29, 0.717) is 17.3 Å². The van der Waals surface area contributed by atoms with E-state index in [1.807, 2.05) is 0 Å². The van der Waals surface area contributed by atoms with Crippen LogP contribution in [-0.4, -0.2) is 36.9 Å². The molecule has 2 N–H and O–H groups in total. The summed E-state index contributed by atoms with van der Waals surface area (Å²) in [7, 11) is 0. The highest BCUT2D eigenvalue weighted by molar-refractivity contribution is 6.40. The Morgan fingerprint density at radius 1 is 1.24 bits per heavy atom. The molecule has 0 aromatic heterocycles. The summed E-state index contributed by atoms with van der Waals surface area (Å²) in [4.78, 5) is 24.1. The first-order valence-corrected chi connectivity index (χ1v) is 9.03. The van der Waals surface area contributed by atoms with Crippen molar-refractivity contribution in [3.05, 3.63) is 28.8 Å². The van der Waals surface area contributed by atoms with Crippen LogP contribution in [0.4, 0.5) is 5.69 Å². The van der Waals surface area contributed by atoms with Gasteiger partial charge in [-0.05, 0) is 37.5 Å². The molecule has 6 nitrogen and oxygen atoms in total. The number of halogens is 1. The fourth-order valence-corrected chi connectivity index (χ4v) is 3.45. The lowest BCUT2D eigenvalue weighted by atomic mass is 9.94. The highest BCUT2D eigenvalue weighted by Crippen LogP contribution is 2.37. The first kappa shape index (κ1) is 18.2. The van der Waals surface area contributed by atoms with Crippen LogP contribution in [0.15, 0.2) is 18.2 Å². The zero-order valence-corrected chi connectivity index (χ0v) is 15.0. The number of hydrogen-bond acceptors (Lipinski definition) is 4. The Kier molecular flexibility index (Phi) is 5.61. The maximum atomic E-state index is 12.0. The molecular formula is C18H23ClN2O4. The zero-order valence-electron chi connectivity index (χ0n) is 14.3. The van der Waals surface area contributed by atoms with E-state index in [1.54, 1.807) is 25.1 Å². The van der Waals surface area contributed by atoms with E-state index < -0.39 is 17.6 Å². The van der Waals surface area contributed by atoms with Crippen molar-refractivity contribution >= 4 is 29.1 Å². The SMILES string of the molecule is Cc1c(Cl)cccc1NC(=O)C(=O)NC[C@@H]1COC2(CCCCC2)O1. The second-order valence-corrected chi connectivity index (χ2v) is 7.01. The van der Waals surface area contributed by atoms with Gasteiger partial charge in [-0.25, -0.2) is 0 Å². The summed E-state index contributed by atoms with van der Waals surface area (Å²) in [6, 6.07) is 5.15. The van der Waals surface area contributed by atoms with E-state index in [9.17, 15) is 9.59 Å². The summed E-state index contributed by atoms with van der Waals surface area (Å²) in [6.45, 7) is 2.47. The van der Waals surface area contributed by atoms with Crippen molar-refractivity contribution in [3.8, 4) is 0 Å². The van der Waals surface area contributed by atoms with E-state index in [0.717, 1.165) is 31.2 Å². The van der Waals surface area contributed by atoms with Gasteiger partial charge >= 0.3 is 11.8 Å². The van der Waals surface area contributed by atoms with E-state index in [-0.39, 0.29) is 12.6 Å². The van der Waals surface area contributed by atoms with Gasteiger partial charge in [0.05, 0.1) is 6.61 Å². The minimum Gasteiger partial charge on any atom is -0.347 e. The molecule has 1 saturated heterocycles.